The van der Waals surface area contributed by atoms with Crippen molar-refractivity contribution < 1.29 is 9.90 Å². The van der Waals surface area contributed by atoms with Gasteiger partial charge in [-0.15, -0.1) is 0 Å². The second kappa shape index (κ2) is 6.68. The monoisotopic (exact) mass is 339 g/mol. The summed E-state index contributed by atoms with van der Waals surface area (Å²) in [6, 6.07) is 9.39. The Bertz CT molecular complexity index is 857. The van der Waals surface area contributed by atoms with Gasteiger partial charge in [0.2, 0.25) is 5.91 Å². The highest BCUT2D eigenvalue weighted by Gasteiger charge is 2.34. The van der Waals surface area contributed by atoms with E-state index >= 15 is 0 Å². The van der Waals surface area contributed by atoms with Crippen LogP contribution < -0.4 is 5.32 Å². The molecule has 0 bridgehead atoms. The van der Waals surface area contributed by atoms with Crippen molar-refractivity contribution in [1.82, 2.24) is 25.3 Å². The number of H-pyrrole nitrogens is 1. The highest BCUT2D eigenvalue weighted by Crippen LogP contribution is 2.27. The quantitative estimate of drug-likeness (QED) is 0.652. The SMILES string of the molecule is O=C(Cc1[nH]nc2ccccc12)N[C@@H]1CC(Cn2cccn2)C[C@H]1O. The Balaban J connectivity index is 1.36. The number of nitrogens with zero attached hydrogens (tertiary/aromatic N) is 3. The smallest absolute Gasteiger partial charge is 0.226 e. The highest BCUT2D eigenvalue weighted by atomic mass is 16.3. The van der Waals surface area contributed by atoms with Gasteiger partial charge in [-0.2, -0.15) is 10.2 Å². The molecule has 2 heterocycles. The number of fused-ring (bicyclic) bond motifs is 1. The van der Waals surface area contributed by atoms with Gasteiger partial charge in [-0.25, -0.2) is 0 Å². The van der Waals surface area contributed by atoms with Gasteiger partial charge in [-0.05, 0) is 30.9 Å². The number of hydrogen-bond donors (Lipinski definition) is 3. The average molecular weight is 339 g/mol. The van der Waals surface area contributed by atoms with Crippen LogP contribution in [-0.2, 0) is 17.8 Å². The predicted molar refractivity (Wildman–Crippen MR) is 92.7 cm³/mol. The lowest BCUT2D eigenvalue weighted by atomic mass is 10.1. The van der Waals surface area contributed by atoms with E-state index in [9.17, 15) is 9.90 Å². The molecule has 1 aliphatic carbocycles. The van der Waals surface area contributed by atoms with Crippen molar-refractivity contribution in [2.75, 3.05) is 0 Å². The van der Waals surface area contributed by atoms with Crippen LogP contribution in [0, 0.1) is 5.92 Å². The number of carbonyl (C=O) groups excluding carboxylic acids is 1. The molecule has 0 spiro atoms. The minimum atomic E-state index is -0.511. The van der Waals surface area contributed by atoms with Crippen molar-refractivity contribution in [3.8, 4) is 0 Å². The van der Waals surface area contributed by atoms with E-state index in [-0.39, 0.29) is 18.4 Å². The van der Waals surface area contributed by atoms with Crippen molar-refractivity contribution in [3.63, 3.8) is 0 Å². The van der Waals surface area contributed by atoms with E-state index < -0.39 is 6.10 Å². The molecule has 3 atom stereocenters. The lowest BCUT2D eigenvalue weighted by molar-refractivity contribution is -0.121. The molecule has 25 heavy (non-hydrogen) atoms. The summed E-state index contributed by atoms with van der Waals surface area (Å²) in [6.45, 7) is 0.765. The Morgan fingerprint density at radius 1 is 1.32 bits per heavy atom. The number of para-hydroxylation sites is 1. The number of amides is 1. The minimum absolute atomic E-state index is 0.0989. The van der Waals surface area contributed by atoms with E-state index in [1.807, 2.05) is 41.2 Å². The first-order valence-electron chi connectivity index (χ1n) is 8.56. The van der Waals surface area contributed by atoms with Gasteiger partial charge in [0.25, 0.3) is 0 Å². The fourth-order valence-corrected chi connectivity index (χ4v) is 3.66. The number of aliphatic hydroxyl groups is 1. The van der Waals surface area contributed by atoms with Crippen LogP contribution in [0.2, 0.25) is 0 Å². The first kappa shape index (κ1) is 15.8. The van der Waals surface area contributed by atoms with E-state index in [0.29, 0.717) is 12.3 Å². The van der Waals surface area contributed by atoms with Gasteiger partial charge in [0.1, 0.15) is 0 Å². The van der Waals surface area contributed by atoms with Gasteiger partial charge in [0, 0.05) is 24.3 Å². The standard InChI is InChI=1S/C18H21N5O2/c24-17-9-12(11-23-7-3-6-19-23)8-16(17)20-18(25)10-15-13-4-1-2-5-14(13)21-22-15/h1-7,12,16-17,24H,8-11H2,(H,20,25)(H,21,22)/t12?,16-,17-/m1/s1. The van der Waals surface area contributed by atoms with Gasteiger partial charge in [0.15, 0.2) is 0 Å². The number of carbonyl (C=O) groups is 1. The molecule has 1 unspecified atom stereocenters. The molecule has 0 radical (unpaired) electrons. The van der Waals surface area contributed by atoms with Crippen molar-refractivity contribution in [3.05, 3.63) is 48.4 Å². The van der Waals surface area contributed by atoms with Gasteiger partial charge in [0.05, 0.1) is 29.8 Å². The van der Waals surface area contributed by atoms with Crippen molar-refractivity contribution in [1.29, 1.82) is 0 Å². The molecule has 2 aromatic heterocycles. The third-order valence-corrected chi connectivity index (χ3v) is 4.86. The third-order valence-electron chi connectivity index (χ3n) is 4.86. The molecule has 130 valence electrons. The van der Waals surface area contributed by atoms with Gasteiger partial charge in [-0.1, -0.05) is 18.2 Å². The van der Waals surface area contributed by atoms with Crippen LogP contribution in [0.3, 0.4) is 0 Å². The molecular weight excluding hydrogens is 318 g/mol. The van der Waals surface area contributed by atoms with Gasteiger partial charge in [-0.3, -0.25) is 14.6 Å². The summed E-state index contributed by atoms with van der Waals surface area (Å²) < 4.78 is 1.87. The number of aromatic amines is 1. The molecule has 3 N–H and O–H groups in total. The number of hydrogen-bond acceptors (Lipinski definition) is 4. The summed E-state index contributed by atoms with van der Waals surface area (Å²) in [5.41, 5.74) is 1.65. The molecule has 1 aliphatic rings. The fraction of sp³-hybridized carbons (Fsp3) is 0.389. The Morgan fingerprint density at radius 3 is 3.04 bits per heavy atom. The van der Waals surface area contributed by atoms with Crippen LogP contribution >= 0.6 is 0 Å². The second-order valence-corrected chi connectivity index (χ2v) is 6.70. The number of aromatic nitrogens is 4. The summed E-state index contributed by atoms with van der Waals surface area (Å²) >= 11 is 0. The van der Waals surface area contributed by atoms with E-state index in [1.54, 1.807) is 6.20 Å². The van der Waals surface area contributed by atoms with E-state index in [4.69, 9.17) is 0 Å². The summed E-state index contributed by atoms with van der Waals surface area (Å²) in [4.78, 5) is 12.4. The maximum atomic E-state index is 12.4. The number of rotatable bonds is 5. The van der Waals surface area contributed by atoms with E-state index in [2.05, 4.69) is 20.6 Å². The summed E-state index contributed by atoms with van der Waals surface area (Å²) in [6.07, 6.45) is 4.83. The van der Waals surface area contributed by atoms with Gasteiger partial charge < -0.3 is 10.4 Å². The Hall–Kier alpha value is -2.67. The zero-order valence-corrected chi connectivity index (χ0v) is 13.8. The van der Waals surface area contributed by atoms with Crippen LogP contribution in [0.5, 0.6) is 0 Å². The molecule has 1 amide bonds. The van der Waals surface area contributed by atoms with Crippen LogP contribution in [0.4, 0.5) is 0 Å². The molecule has 0 aliphatic heterocycles. The van der Waals surface area contributed by atoms with Gasteiger partial charge >= 0.3 is 0 Å². The topological polar surface area (TPSA) is 95.8 Å². The summed E-state index contributed by atoms with van der Waals surface area (Å²) in [5, 5.41) is 25.6. The van der Waals surface area contributed by atoms with Crippen LogP contribution in [0.1, 0.15) is 18.5 Å². The molecule has 7 heteroatoms. The summed E-state index contributed by atoms with van der Waals surface area (Å²) in [7, 11) is 0. The summed E-state index contributed by atoms with van der Waals surface area (Å²) in [5.74, 6) is 0.214. The second-order valence-electron chi connectivity index (χ2n) is 6.70. The molecule has 1 aromatic carbocycles. The zero-order valence-electron chi connectivity index (χ0n) is 13.8. The highest BCUT2D eigenvalue weighted by molar-refractivity contribution is 5.87. The van der Waals surface area contributed by atoms with Crippen LogP contribution in [0.15, 0.2) is 42.7 Å². The molecule has 1 fully saturated rings. The Labute approximate surface area is 145 Å². The first-order chi connectivity index (χ1) is 12.2. The molecule has 0 saturated heterocycles. The largest absolute Gasteiger partial charge is 0.391 e. The van der Waals surface area contributed by atoms with Crippen molar-refractivity contribution in [2.45, 2.75) is 38.0 Å². The van der Waals surface area contributed by atoms with Crippen molar-refractivity contribution in [2.24, 2.45) is 5.92 Å². The molecule has 1 saturated carbocycles. The lowest BCUT2D eigenvalue weighted by Crippen LogP contribution is -2.40. The molecule has 4 rings (SSSR count). The van der Waals surface area contributed by atoms with E-state index in [1.165, 1.54) is 0 Å². The number of nitrogens with one attached hydrogen (secondary N) is 2. The van der Waals surface area contributed by atoms with E-state index in [0.717, 1.165) is 29.6 Å². The van der Waals surface area contributed by atoms with Crippen LogP contribution in [0.25, 0.3) is 10.9 Å². The molecule has 3 aromatic rings. The van der Waals surface area contributed by atoms with Crippen molar-refractivity contribution >= 4 is 16.8 Å². The zero-order chi connectivity index (χ0) is 17.2. The lowest BCUT2D eigenvalue weighted by Gasteiger charge is -2.16. The molecule has 7 nitrogen and oxygen atoms in total. The Kier molecular flexibility index (Phi) is 4.23. The Morgan fingerprint density at radius 2 is 2.20 bits per heavy atom. The van der Waals surface area contributed by atoms with Crippen LogP contribution in [-0.4, -0.2) is 43.1 Å². The third kappa shape index (κ3) is 3.41. The minimum Gasteiger partial charge on any atom is -0.391 e. The first-order valence-corrected chi connectivity index (χ1v) is 8.56. The maximum absolute atomic E-state index is 12.4. The maximum Gasteiger partial charge on any atom is 0.226 e. The average Bonchev–Trinajstić information content (AvgIpc) is 3.31. The fourth-order valence-electron chi connectivity index (χ4n) is 3.66. The number of benzene rings is 1. The normalized spacial score (nSPS) is 23.2. The predicted octanol–water partition coefficient (Wildman–Crippen LogP) is 1.26. The molecular formula is C18H21N5O2. The number of aliphatic hydroxyl groups excluding tert-OH is 1.